The molecule has 5 heteroatoms. The topological polar surface area (TPSA) is 39.1 Å². The minimum atomic E-state index is 0.246. The minimum Gasteiger partial charge on any atom is -0.385 e. The SMILES string of the molecule is COCCC(C)(C)CNCc1c(Br)c(C)nn1C. The van der Waals surface area contributed by atoms with E-state index in [1.807, 2.05) is 18.7 Å². The summed E-state index contributed by atoms with van der Waals surface area (Å²) in [6.45, 7) is 9.12. The molecule has 0 saturated heterocycles. The summed E-state index contributed by atoms with van der Waals surface area (Å²) in [5, 5.41) is 7.88. The molecule has 0 spiro atoms. The van der Waals surface area contributed by atoms with Gasteiger partial charge in [-0.2, -0.15) is 5.10 Å². The molecule has 4 nitrogen and oxygen atoms in total. The molecular weight excluding hydrogens is 294 g/mol. The van der Waals surface area contributed by atoms with E-state index < -0.39 is 0 Å². The van der Waals surface area contributed by atoms with Gasteiger partial charge in [0, 0.05) is 33.9 Å². The molecule has 0 aliphatic heterocycles. The summed E-state index contributed by atoms with van der Waals surface area (Å²) >= 11 is 3.58. The van der Waals surface area contributed by atoms with Crippen molar-refractivity contribution >= 4 is 15.9 Å². The lowest BCUT2D eigenvalue weighted by molar-refractivity contribution is 0.150. The van der Waals surface area contributed by atoms with Crippen LogP contribution in [-0.2, 0) is 18.3 Å². The first-order valence-corrected chi connectivity index (χ1v) is 7.04. The van der Waals surface area contributed by atoms with Gasteiger partial charge >= 0.3 is 0 Å². The number of aryl methyl sites for hydroxylation is 2. The lowest BCUT2D eigenvalue weighted by atomic mass is 9.90. The lowest BCUT2D eigenvalue weighted by Gasteiger charge is -2.24. The second-order valence-corrected chi connectivity index (χ2v) is 6.27. The van der Waals surface area contributed by atoms with Crippen molar-refractivity contribution in [1.29, 1.82) is 0 Å². The predicted molar refractivity (Wildman–Crippen MR) is 77.6 cm³/mol. The summed E-state index contributed by atoms with van der Waals surface area (Å²) in [4.78, 5) is 0. The molecule has 18 heavy (non-hydrogen) atoms. The zero-order valence-corrected chi connectivity index (χ0v) is 13.6. The number of nitrogens with zero attached hydrogens (tertiary/aromatic N) is 2. The van der Waals surface area contributed by atoms with Crippen molar-refractivity contribution in [3.63, 3.8) is 0 Å². The van der Waals surface area contributed by atoms with E-state index in [2.05, 4.69) is 40.2 Å². The number of methoxy groups -OCH3 is 1. The number of halogens is 1. The Morgan fingerprint density at radius 1 is 1.44 bits per heavy atom. The Bertz CT molecular complexity index is 388. The highest BCUT2D eigenvalue weighted by atomic mass is 79.9. The Hall–Kier alpha value is -0.390. The Balaban J connectivity index is 2.46. The number of ether oxygens (including phenoxy) is 1. The maximum absolute atomic E-state index is 5.13. The van der Waals surface area contributed by atoms with Crippen LogP contribution in [-0.4, -0.2) is 30.0 Å². The first-order valence-electron chi connectivity index (χ1n) is 6.25. The lowest BCUT2D eigenvalue weighted by Crippen LogP contribution is -2.30. The Morgan fingerprint density at radius 3 is 2.61 bits per heavy atom. The van der Waals surface area contributed by atoms with Gasteiger partial charge in [-0.15, -0.1) is 0 Å². The number of rotatable bonds is 7. The third kappa shape index (κ3) is 4.37. The molecule has 0 amide bonds. The maximum Gasteiger partial charge on any atom is 0.0739 e. The van der Waals surface area contributed by atoms with Crippen LogP contribution in [0.25, 0.3) is 0 Å². The summed E-state index contributed by atoms with van der Waals surface area (Å²) < 4.78 is 8.16. The average molecular weight is 318 g/mol. The average Bonchev–Trinajstić information content (AvgIpc) is 2.53. The van der Waals surface area contributed by atoms with Crippen LogP contribution in [0.4, 0.5) is 0 Å². The molecule has 0 saturated carbocycles. The van der Waals surface area contributed by atoms with Crippen molar-refractivity contribution < 1.29 is 4.74 Å². The molecule has 0 fully saturated rings. The van der Waals surface area contributed by atoms with Gasteiger partial charge in [0.25, 0.3) is 0 Å². The van der Waals surface area contributed by atoms with Crippen molar-refractivity contribution in [3.8, 4) is 0 Å². The van der Waals surface area contributed by atoms with Crippen LogP contribution >= 0.6 is 15.9 Å². The molecule has 0 aromatic carbocycles. The van der Waals surface area contributed by atoms with Gasteiger partial charge in [-0.1, -0.05) is 13.8 Å². The minimum absolute atomic E-state index is 0.246. The number of hydrogen-bond acceptors (Lipinski definition) is 3. The maximum atomic E-state index is 5.13. The van der Waals surface area contributed by atoms with Gasteiger partial charge in [0.2, 0.25) is 0 Å². The van der Waals surface area contributed by atoms with Crippen LogP contribution in [0.3, 0.4) is 0 Å². The molecule has 0 unspecified atom stereocenters. The van der Waals surface area contributed by atoms with E-state index in [1.54, 1.807) is 7.11 Å². The van der Waals surface area contributed by atoms with Crippen molar-refractivity contribution in [2.45, 2.75) is 33.7 Å². The summed E-state index contributed by atoms with van der Waals surface area (Å²) in [7, 11) is 3.73. The van der Waals surface area contributed by atoms with Crippen molar-refractivity contribution in [3.05, 3.63) is 15.9 Å². The summed E-state index contributed by atoms with van der Waals surface area (Å²) in [6.07, 6.45) is 1.06. The second kappa shape index (κ2) is 6.68. The standard InChI is InChI=1S/C13H24BrN3O/c1-10-12(14)11(17(4)16-10)8-15-9-13(2,3)6-7-18-5/h15H,6-9H2,1-5H3. The molecule has 1 heterocycles. The molecule has 0 aliphatic rings. The van der Waals surface area contributed by atoms with E-state index in [9.17, 15) is 0 Å². The van der Waals surface area contributed by atoms with Crippen LogP contribution in [0.1, 0.15) is 31.7 Å². The second-order valence-electron chi connectivity index (χ2n) is 5.48. The molecular formula is C13H24BrN3O. The first-order chi connectivity index (χ1) is 8.37. The Kier molecular flexibility index (Phi) is 5.82. The monoisotopic (exact) mass is 317 g/mol. The van der Waals surface area contributed by atoms with E-state index in [1.165, 1.54) is 5.69 Å². The summed E-state index contributed by atoms with van der Waals surface area (Å²) in [6, 6.07) is 0. The Labute approximate surface area is 118 Å². The van der Waals surface area contributed by atoms with Crippen LogP contribution in [0, 0.1) is 12.3 Å². The number of nitrogens with one attached hydrogen (secondary N) is 1. The molecule has 0 radical (unpaired) electrons. The quantitative estimate of drug-likeness (QED) is 0.840. The Morgan fingerprint density at radius 2 is 2.11 bits per heavy atom. The zero-order chi connectivity index (χ0) is 13.8. The summed E-state index contributed by atoms with van der Waals surface area (Å²) in [5.74, 6) is 0. The van der Waals surface area contributed by atoms with Crippen molar-refractivity contribution in [2.24, 2.45) is 12.5 Å². The molecule has 104 valence electrons. The molecule has 1 N–H and O–H groups in total. The van der Waals surface area contributed by atoms with Crippen molar-refractivity contribution in [1.82, 2.24) is 15.1 Å². The van der Waals surface area contributed by atoms with Crippen molar-refractivity contribution in [2.75, 3.05) is 20.3 Å². The summed E-state index contributed by atoms with van der Waals surface area (Å²) in [5.41, 5.74) is 2.47. The molecule has 0 atom stereocenters. The van der Waals surface area contributed by atoms with Gasteiger partial charge in [-0.3, -0.25) is 4.68 Å². The highest BCUT2D eigenvalue weighted by Gasteiger charge is 2.18. The van der Waals surface area contributed by atoms with Gasteiger partial charge in [0.15, 0.2) is 0 Å². The largest absolute Gasteiger partial charge is 0.385 e. The molecule has 0 aliphatic carbocycles. The smallest absolute Gasteiger partial charge is 0.0739 e. The van der Waals surface area contributed by atoms with Crippen LogP contribution in [0.2, 0.25) is 0 Å². The van der Waals surface area contributed by atoms with Gasteiger partial charge in [0.05, 0.1) is 15.9 Å². The third-order valence-corrected chi connectivity index (χ3v) is 4.17. The van der Waals surface area contributed by atoms with Crippen LogP contribution in [0.15, 0.2) is 4.47 Å². The highest BCUT2D eigenvalue weighted by molar-refractivity contribution is 9.10. The van der Waals surface area contributed by atoms with E-state index in [0.717, 1.165) is 36.3 Å². The zero-order valence-electron chi connectivity index (χ0n) is 12.0. The van der Waals surface area contributed by atoms with Crippen LogP contribution < -0.4 is 5.32 Å². The fraction of sp³-hybridized carbons (Fsp3) is 0.769. The third-order valence-electron chi connectivity index (χ3n) is 3.14. The first kappa shape index (κ1) is 15.7. The van der Waals surface area contributed by atoms with E-state index in [-0.39, 0.29) is 5.41 Å². The molecule has 1 rings (SSSR count). The van der Waals surface area contributed by atoms with Gasteiger partial charge in [-0.05, 0) is 34.7 Å². The molecule has 0 bridgehead atoms. The van der Waals surface area contributed by atoms with E-state index in [4.69, 9.17) is 4.74 Å². The van der Waals surface area contributed by atoms with Crippen LogP contribution in [0.5, 0.6) is 0 Å². The molecule has 1 aromatic rings. The van der Waals surface area contributed by atoms with Gasteiger partial charge in [-0.25, -0.2) is 0 Å². The molecule has 1 aromatic heterocycles. The van der Waals surface area contributed by atoms with Gasteiger partial charge < -0.3 is 10.1 Å². The van der Waals surface area contributed by atoms with Gasteiger partial charge in [0.1, 0.15) is 0 Å². The number of hydrogen-bond donors (Lipinski definition) is 1. The number of aromatic nitrogens is 2. The predicted octanol–water partition coefficient (Wildman–Crippen LogP) is 2.64. The van der Waals surface area contributed by atoms with E-state index in [0.29, 0.717) is 0 Å². The normalized spacial score (nSPS) is 12.1. The fourth-order valence-corrected chi connectivity index (χ4v) is 2.33. The highest BCUT2D eigenvalue weighted by Crippen LogP contribution is 2.22. The fourth-order valence-electron chi connectivity index (χ4n) is 1.86. The van der Waals surface area contributed by atoms with E-state index >= 15 is 0 Å².